The summed E-state index contributed by atoms with van der Waals surface area (Å²) in [6, 6.07) is 10.1. The zero-order chi connectivity index (χ0) is 14.7. The third-order valence-electron chi connectivity index (χ3n) is 5.12. The molecule has 21 heavy (non-hydrogen) atoms. The number of hydrogen-bond acceptors (Lipinski definition) is 3. The van der Waals surface area contributed by atoms with Crippen LogP contribution in [0.25, 0.3) is 0 Å². The van der Waals surface area contributed by atoms with Crippen LogP contribution < -0.4 is 5.32 Å². The molecular formula is C18H28N2O. The number of nitrogens with zero attached hydrogens (tertiary/aromatic N) is 1. The fourth-order valence-electron chi connectivity index (χ4n) is 4.05. The molecule has 1 heterocycles. The number of likely N-dealkylation sites (tertiary alicyclic amines) is 1. The Hall–Kier alpha value is -0.900. The number of methoxy groups -OCH3 is 1. The molecule has 1 N–H and O–H groups in total. The molecule has 0 amide bonds. The van der Waals surface area contributed by atoms with Crippen molar-refractivity contribution in [2.45, 2.75) is 50.8 Å². The van der Waals surface area contributed by atoms with Crippen LogP contribution in [-0.4, -0.2) is 43.8 Å². The Morgan fingerprint density at radius 1 is 1.29 bits per heavy atom. The molecule has 116 valence electrons. The lowest BCUT2D eigenvalue weighted by Gasteiger charge is -2.34. The number of nitrogens with one attached hydrogen (secondary N) is 1. The molecule has 3 heteroatoms. The summed E-state index contributed by atoms with van der Waals surface area (Å²) in [4.78, 5) is 2.66. The maximum absolute atomic E-state index is 5.57. The van der Waals surface area contributed by atoms with Gasteiger partial charge in [0.15, 0.2) is 0 Å². The highest BCUT2D eigenvalue weighted by Gasteiger charge is 2.35. The SMILES string of the molecule is CCNC1c2ccccc2CCCC1N1CCC(OC)C1. The maximum Gasteiger partial charge on any atom is 0.0710 e. The van der Waals surface area contributed by atoms with Crippen LogP contribution in [0.5, 0.6) is 0 Å². The van der Waals surface area contributed by atoms with Gasteiger partial charge in [0.2, 0.25) is 0 Å². The lowest BCUT2D eigenvalue weighted by atomic mass is 9.95. The molecule has 3 nitrogen and oxygen atoms in total. The van der Waals surface area contributed by atoms with Crippen molar-refractivity contribution in [2.75, 3.05) is 26.7 Å². The zero-order valence-corrected chi connectivity index (χ0v) is 13.3. The van der Waals surface area contributed by atoms with E-state index >= 15 is 0 Å². The fourth-order valence-corrected chi connectivity index (χ4v) is 4.05. The van der Waals surface area contributed by atoms with Crippen molar-refractivity contribution in [3.63, 3.8) is 0 Å². The zero-order valence-electron chi connectivity index (χ0n) is 13.3. The summed E-state index contributed by atoms with van der Waals surface area (Å²) in [7, 11) is 1.85. The Morgan fingerprint density at radius 3 is 2.90 bits per heavy atom. The Kier molecular flexibility index (Phi) is 4.94. The van der Waals surface area contributed by atoms with Crippen LogP contribution in [0.4, 0.5) is 0 Å². The van der Waals surface area contributed by atoms with Crippen LogP contribution in [0.2, 0.25) is 0 Å². The molecule has 1 aliphatic carbocycles. The normalized spacial score (nSPS) is 30.1. The Labute approximate surface area is 128 Å². The van der Waals surface area contributed by atoms with Crippen LogP contribution in [0, 0.1) is 0 Å². The van der Waals surface area contributed by atoms with Crippen molar-refractivity contribution < 1.29 is 4.74 Å². The first-order valence-electron chi connectivity index (χ1n) is 8.41. The molecule has 3 unspecified atom stereocenters. The molecule has 1 aromatic carbocycles. The van der Waals surface area contributed by atoms with Crippen LogP contribution >= 0.6 is 0 Å². The maximum atomic E-state index is 5.57. The van der Waals surface area contributed by atoms with Crippen molar-refractivity contribution in [3.8, 4) is 0 Å². The number of likely N-dealkylation sites (N-methyl/N-ethyl adjacent to an activating group) is 1. The minimum Gasteiger partial charge on any atom is -0.380 e. The molecule has 0 saturated carbocycles. The molecule has 0 bridgehead atoms. The van der Waals surface area contributed by atoms with Gasteiger partial charge in [-0.1, -0.05) is 31.2 Å². The van der Waals surface area contributed by atoms with Crippen molar-refractivity contribution in [1.29, 1.82) is 0 Å². The molecule has 1 aliphatic heterocycles. The van der Waals surface area contributed by atoms with Crippen LogP contribution in [0.15, 0.2) is 24.3 Å². The number of benzene rings is 1. The number of rotatable bonds is 4. The summed E-state index contributed by atoms with van der Waals surface area (Å²) < 4.78 is 5.57. The van der Waals surface area contributed by atoms with Gasteiger partial charge in [0.25, 0.3) is 0 Å². The van der Waals surface area contributed by atoms with Gasteiger partial charge in [0.1, 0.15) is 0 Å². The Balaban J connectivity index is 1.85. The second kappa shape index (κ2) is 6.91. The second-order valence-corrected chi connectivity index (χ2v) is 6.34. The van der Waals surface area contributed by atoms with Gasteiger partial charge in [-0.25, -0.2) is 0 Å². The number of hydrogen-bond donors (Lipinski definition) is 1. The van der Waals surface area contributed by atoms with Crippen molar-refractivity contribution >= 4 is 0 Å². The molecular weight excluding hydrogens is 260 g/mol. The third kappa shape index (κ3) is 3.15. The van der Waals surface area contributed by atoms with Gasteiger partial charge in [-0.3, -0.25) is 4.90 Å². The highest BCUT2D eigenvalue weighted by Crippen LogP contribution is 2.33. The number of aryl methyl sites for hydroxylation is 1. The van der Waals surface area contributed by atoms with E-state index in [0.29, 0.717) is 18.2 Å². The average molecular weight is 288 g/mol. The molecule has 1 fully saturated rings. The molecule has 0 aromatic heterocycles. The quantitative estimate of drug-likeness (QED) is 0.862. The van der Waals surface area contributed by atoms with Gasteiger partial charge in [-0.2, -0.15) is 0 Å². The number of fused-ring (bicyclic) bond motifs is 1. The van der Waals surface area contributed by atoms with E-state index < -0.39 is 0 Å². The standard InChI is InChI=1S/C18H28N2O/c1-3-19-18-16-9-5-4-7-14(16)8-6-10-17(18)20-12-11-15(13-20)21-2/h4-5,7,9,15,17-19H,3,6,8,10-13H2,1-2H3. The van der Waals surface area contributed by atoms with Gasteiger partial charge in [-0.15, -0.1) is 0 Å². The molecule has 1 saturated heterocycles. The first-order chi connectivity index (χ1) is 10.3. The van der Waals surface area contributed by atoms with E-state index in [1.54, 1.807) is 0 Å². The largest absolute Gasteiger partial charge is 0.380 e. The third-order valence-corrected chi connectivity index (χ3v) is 5.12. The highest BCUT2D eigenvalue weighted by atomic mass is 16.5. The van der Waals surface area contributed by atoms with Crippen LogP contribution in [-0.2, 0) is 11.2 Å². The summed E-state index contributed by atoms with van der Waals surface area (Å²) >= 11 is 0. The van der Waals surface area contributed by atoms with Gasteiger partial charge in [-0.05, 0) is 43.4 Å². The van der Waals surface area contributed by atoms with Crippen molar-refractivity contribution in [1.82, 2.24) is 10.2 Å². The molecule has 0 radical (unpaired) electrons. The van der Waals surface area contributed by atoms with E-state index in [9.17, 15) is 0 Å². The van der Waals surface area contributed by atoms with Crippen molar-refractivity contribution in [2.24, 2.45) is 0 Å². The summed E-state index contributed by atoms with van der Waals surface area (Å²) in [5.74, 6) is 0. The lowest BCUT2D eigenvalue weighted by molar-refractivity contribution is 0.0936. The Bertz CT molecular complexity index is 462. The van der Waals surface area contributed by atoms with Gasteiger partial charge >= 0.3 is 0 Å². The van der Waals surface area contributed by atoms with E-state index in [4.69, 9.17) is 4.74 Å². The smallest absolute Gasteiger partial charge is 0.0710 e. The van der Waals surface area contributed by atoms with Crippen molar-refractivity contribution in [3.05, 3.63) is 35.4 Å². The lowest BCUT2D eigenvalue weighted by Crippen LogP contribution is -2.44. The predicted octanol–water partition coefficient (Wildman–Crippen LogP) is 2.76. The molecule has 0 spiro atoms. The van der Waals surface area contributed by atoms with E-state index in [-0.39, 0.29) is 0 Å². The molecule has 2 aliphatic rings. The van der Waals surface area contributed by atoms with E-state index in [1.165, 1.54) is 43.4 Å². The minimum absolute atomic E-state index is 0.422. The van der Waals surface area contributed by atoms with Gasteiger partial charge in [0, 0.05) is 32.3 Å². The first kappa shape index (κ1) is 15.0. The fraction of sp³-hybridized carbons (Fsp3) is 0.667. The number of ether oxygens (including phenoxy) is 1. The van der Waals surface area contributed by atoms with E-state index in [1.807, 2.05) is 7.11 Å². The van der Waals surface area contributed by atoms with E-state index in [0.717, 1.165) is 13.1 Å². The minimum atomic E-state index is 0.422. The predicted molar refractivity (Wildman–Crippen MR) is 86.6 cm³/mol. The average Bonchev–Trinajstić information content (AvgIpc) is 2.92. The second-order valence-electron chi connectivity index (χ2n) is 6.34. The van der Waals surface area contributed by atoms with E-state index in [2.05, 4.69) is 41.4 Å². The topological polar surface area (TPSA) is 24.5 Å². The van der Waals surface area contributed by atoms with Gasteiger partial charge < -0.3 is 10.1 Å². The van der Waals surface area contributed by atoms with Gasteiger partial charge in [0.05, 0.1) is 6.10 Å². The molecule has 1 aromatic rings. The van der Waals surface area contributed by atoms with Crippen LogP contribution in [0.3, 0.4) is 0 Å². The molecule has 3 rings (SSSR count). The summed E-state index contributed by atoms with van der Waals surface area (Å²) in [5, 5.41) is 3.76. The van der Waals surface area contributed by atoms with Crippen LogP contribution in [0.1, 0.15) is 43.4 Å². The summed E-state index contributed by atoms with van der Waals surface area (Å²) in [6.07, 6.45) is 5.38. The summed E-state index contributed by atoms with van der Waals surface area (Å²) in [6.45, 7) is 5.50. The molecule has 3 atom stereocenters. The monoisotopic (exact) mass is 288 g/mol. The Morgan fingerprint density at radius 2 is 2.14 bits per heavy atom. The summed E-state index contributed by atoms with van der Waals surface area (Å²) in [5.41, 5.74) is 3.05. The highest BCUT2D eigenvalue weighted by molar-refractivity contribution is 5.32. The first-order valence-corrected chi connectivity index (χ1v) is 8.41.